The Labute approximate surface area is 144 Å². The Morgan fingerprint density at radius 3 is 2.09 bits per heavy atom. The van der Waals surface area contributed by atoms with Crippen LogP contribution in [0.3, 0.4) is 0 Å². The third-order valence-corrected chi connectivity index (χ3v) is 3.43. The molecule has 0 unspecified atom stereocenters. The predicted octanol–water partition coefficient (Wildman–Crippen LogP) is 2.02. The van der Waals surface area contributed by atoms with Crippen LogP contribution in [0.2, 0.25) is 0 Å². The van der Waals surface area contributed by atoms with Gasteiger partial charge in [0.15, 0.2) is 6.10 Å². The molecule has 7 heteroatoms. The summed E-state index contributed by atoms with van der Waals surface area (Å²) in [5.41, 5.74) is 0.429. The molecular weight excluding hydrogens is 364 g/mol. The van der Waals surface area contributed by atoms with Crippen LogP contribution in [0.1, 0.15) is 38.1 Å². The van der Waals surface area contributed by atoms with Crippen molar-refractivity contribution in [3.8, 4) is 0 Å². The maximum absolute atomic E-state index is 12.0. The van der Waals surface area contributed by atoms with Crippen LogP contribution in [0, 0.1) is 0 Å². The van der Waals surface area contributed by atoms with Crippen LogP contribution in [0.4, 0.5) is 0 Å². The zero-order valence-electron chi connectivity index (χ0n) is 13.6. The Balaban J connectivity index is 2.55. The third-order valence-electron chi connectivity index (χ3n) is 2.90. The van der Waals surface area contributed by atoms with Crippen LogP contribution < -0.4 is 10.6 Å². The molecule has 0 aromatic heterocycles. The molecule has 0 saturated heterocycles. The molecule has 0 bridgehead atoms. The fourth-order valence-corrected chi connectivity index (χ4v) is 1.94. The van der Waals surface area contributed by atoms with Gasteiger partial charge < -0.3 is 15.4 Å². The molecule has 6 nitrogen and oxygen atoms in total. The van der Waals surface area contributed by atoms with Gasteiger partial charge in [-0.25, -0.2) is 4.79 Å². The second kappa shape index (κ2) is 8.67. The summed E-state index contributed by atoms with van der Waals surface area (Å²) in [4.78, 5) is 35.7. The lowest BCUT2D eigenvalue weighted by Crippen LogP contribution is -2.44. The molecule has 0 fully saturated rings. The standard InChI is InChI=1S/C16H21BrN2O4/c1-9(2)18-14(20)11(4)23-16(22)10(3)19-15(21)12-5-7-13(17)8-6-12/h5-11H,1-4H3,(H,18,20)(H,19,21)/t10-,11-/m0/s1. The average Bonchev–Trinajstić information content (AvgIpc) is 2.46. The van der Waals surface area contributed by atoms with Crippen molar-refractivity contribution in [1.82, 2.24) is 10.6 Å². The molecule has 0 heterocycles. The Morgan fingerprint density at radius 1 is 1.00 bits per heavy atom. The minimum absolute atomic E-state index is 0.0433. The van der Waals surface area contributed by atoms with Crippen molar-refractivity contribution >= 4 is 33.7 Å². The van der Waals surface area contributed by atoms with E-state index < -0.39 is 18.1 Å². The molecule has 0 aliphatic rings. The molecule has 1 aromatic carbocycles. The number of carbonyl (C=O) groups is 3. The molecule has 1 rings (SSSR count). The number of benzene rings is 1. The van der Waals surface area contributed by atoms with Gasteiger partial charge in [-0.3, -0.25) is 9.59 Å². The fraction of sp³-hybridized carbons (Fsp3) is 0.438. The first kappa shape index (κ1) is 19.2. The zero-order chi connectivity index (χ0) is 17.6. The SMILES string of the molecule is CC(C)NC(=O)[C@H](C)OC(=O)[C@H](C)NC(=O)c1ccc(Br)cc1. The monoisotopic (exact) mass is 384 g/mol. The smallest absolute Gasteiger partial charge is 0.329 e. The van der Waals surface area contributed by atoms with Gasteiger partial charge in [-0.1, -0.05) is 15.9 Å². The lowest BCUT2D eigenvalue weighted by atomic mass is 10.2. The topological polar surface area (TPSA) is 84.5 Å². The van der Waals surface area contributed by atoms with E-state index in [0.717, 1.165) is 4.47 Å². The van der Waals surface area contributed by atoms with E-state index in [4.69, 9.17) is 4.74 Å². The highest BCUT2D eigenvalue weighted by molar-refractivity contribution is 9.10. The van der Waals surface area contributed by atoms with Crippen molar-refractivity contribution in [3.05, 3.63) is 34.3 Å². The largest absolute Gasteiger partial charge is 0.451 e. The Morgan fingerprint density at radius 2 is 1.57 bits per heavy atom. The summed E-state index contributed by atoms with van der Waals surface area (Å²) in [5, 5.41) is 5.19. The number of ether oxygens (including phenoxy) is 1. The highest BCUT2D eigenvalue weighted by Gasteiger charge is 2.23. The van der Waals surface area contributed by atoms with Gasteiger partial charge in [-0.05, 0) is 52.0 Å². The molecule has 0 spiro atoms. The van der Waals surface area contributed by atoms with Gasteiger partial charge in [-0.2, -0.15) is 0 Å². The number of hydrogen-bond donors (Lipinski definition) is 2. The number of halogens is 1. The lowest BCUT2D eigenvalue weighted by molar-refractivity contribution is -0.156. The average molecular weight is 385 g/mol. The van der Waals surface area contributed by atoms with Crippen molar-refractivity contribution < 1.29 is 19.1 Å². The molecule has 0 saturated carbocycles. The quantitative estimate of drug-likeness (QED) is 0.734. The van der Waals surface area contributed by atoms with Crippen LogP contribution in [-0.4, -0.2) is 36.0 Å². The lowest BCUT2D eigenvalue weighted by Gasteiger charge is -2.18. The predicted molar refractivity (Wildman–Crippen MR) is 89.9 cm³/mol. The van der Waals surface area contributed by atoms with Gasteiger partial charge in [0.2, 0.25) is 0 Å². The van der Waals surface area contributed by atoms with E-state index in [1.165, 1.54) is 13.8 Å². The first-order chi connectivity index (χ1) is 10.7. The number of hydrogen-bond acceptors (Lipinski definition) is 4. The number of amides is 2. The molecule has 2 atom stereocenters. The first-order valence-corrected chi connectivity index (χ1v) is 8.07. The second-order valence-electron chi connectivity index (χ2n) is 5.44. The van der Waals surface area contributed by atoms with Gasteiger partial charge in [-0.15, -0.1) is 0 Å². The van der Waals surface area contributed by atoms with Gasteiger partial charge >= 0.3 is 5.97 Å². The van der Waals surface area contributed by atoms with E-state index in [1.54, 1.807) is 24.3 Å². The number of rotatable bonds is 6. The first-order valence-electron chi connectivity index (χ1n) is 7.28. The summed E-state index contributed by atoms with van der Waals surface area (Å²) in [6.45, 7) is 6.62. The number of carbonyl (C=O) groups excluding carboxylic acids is 3. The fourth-order valence-electron chi connectivity index (χ4n) is 1.67. The van der Waals surface area contributed by atoms with E-state index in [2.05, 4.69) is 26.6 Å². The van der Waals surface area contributed by atoms with Crippen molar-refractivity contribution in [2.24, 2.45) is 0 Å². The Hall–Kier alpha value is -1.89. The molecule has 2 amide bonds. The maximum atomic E-state index is 12.0. The normalized spacial score (nSPS) is 13.1. The van der Waals surface area contributed by atoms with Crippen LogP contribution >= 0.6 is 15.9 Å². The third kappa shape index (κ3) is 6.40. The van der Waals surface area contributed by atoms with Gasteiger partial charge in [0, 0.05) is 16.1 Å². The van der Waals surface area contributed by atoms with E-state index in [9.17, 15) is 14.4 Å². The molecule has 23 heavy (non-hydrogen) atoms. The summed E-state index contributed by atoms with van der Waals surface area (Å²) in [7, 11) is 0. The molecule has 1 aromatic rings. The van der Waals surface area contributed by atoms with E-state index in [0.29, 0.717) is 5.56 Å². The van der Waals surface area contributed by atoms with E-state index >= 15 is 0 Å². The van der Waals surface area contributed by atoms with Crippen molar-refractivity contribution in [2.45, 2.75) is 45.9 Å². The van der Waals surface area contributed by atoms with Crippen LogP contribution in [-0.2, 0) is 14.3 Å². The van der Waals surface area contributed by atoms with Crippen LogP contribution in [0.15, 0.2) is 28.7 Å². The minimum atomic E-state index is -0.920. The van der Waals surface area contributed by atoms with Crippen molar-refractivity contribution in [2.75, 3.05) is 0 Å². The molecular formula is C16H21BrN2O4. The molecule has 0 aliphatic heterocycles. The Kier molecular flexibility index (Phi) is 7.22. The van der Waals surface area contributed by atoms with Crippen molar-refractivity contribution in [3.63, 3.8) is 0 Å². The summed E-state index contributed by atoms with van der Waals surface area (Å²) in [5.74, 6) is -1.43. The summed E-state index contributed by atoms with van der Waals surface area (Å²) >= 11 is 3.28. The highest BCUT2D eigenvalue weighted by atomic mass is 79.9. The Bertz CT molecular complexity index is 572. The van der Waals surface area contributed by atoms with Gasteiger partial charge in [0.1, 0.15) is 6.04 Å². The zero-order valence-corrected chi connectivity index (χ0v) is 15.1. The van der Waals surface area contributed by atoms with Gasteiger partial charge in [0.05, 0.1) is 0 Å². The van der Waals surface area contributed by atoms with Crippen molar-refractivity contribution in [1.29, 1.82) is 0 Å². The number of esters is 1. The number of nitrogens with one attached hydrogen (secondary N) is 2. The van der Waals surface area contributed by atoms with Gasteiger partial charge in [0.25, 0.3) is 11.8 Å². The summed E-state index contributed by atoms with van der Waals surface area (Å²) in [6.07, 6.45) is -0.920. The summed E-state index contributed by atoms with van der Waals surface area (Å²) in [6, 6.07) is 5.83. The second-order valence-corrected chi connectivity index (χ2v) is 6.36. The maximum Gasteiger partial charge on any atom is 0.329 e. The van der Waals surface area contributed by atoms with E-state index in [1.807, 2.05) is 13.8 Å². The van der Waals surface area contributed by atoms with E-state index in [-0.39, 0.29) is 17.9 Å². The molecule has 2 N–H and O–H groups in total. The molecule has 0 radical (unpaired) electrons. The molecule has 0 aliphatic carbocycles. The minimum Gasteiger partial charge on any atom is -0.451 e. The summed E-state index contributed by atoms with van der Waals surface area (Å²) < 4.78 is 5.91. The molecule has 126 valence electrons. The van der Waals surface area contributed by atoms with Crippen LogP contribution in [0.5, 0.6) is 0 Å². The van der Waals surface area contributed by atoms with Crippen LogP contribution in [0.25, 0.3) is 0 Å². The highest BCUT2D eigenvalue weighted by Crippen LogP contribution is 2.10.